The number of rotatable bonds is 4. The Morgan fingerprint density at radius 3 is 2.58 bits per heavy atom. The zero-order valence-electron chi connectivity index (χ0n) is 10.0. The molecule has 0 aliphatic heterocycles. The fraction of sp³-hybridized carbons (Fsp3) is 0.143. The van der Waals surface area contributed by atoms with Gasteiger partial charge in [0.25, 0.3) is 0 Å². The Morgan fingerprint density at radius 2 is 1.89 bits per heavy atom. The van der Waals surface area contributed by atoms with Crippen molar-refractivity contribution in [3.63, 3.8) is 0 Å². The van der Waals surface area contributed by atoms with Crippen molar-refractivity contribution in [2.45, 2.75) is 12.5 Å². The van der Waals surface area contributed by atoms with Gasteiger partial charge in [0, 0.05) is 10.0 Å². The highest BCUT2D eigenvalue weighted by Gasteiger charge is 2.16. The molecule has 3 N–H and O–H groups in total. The van der Waals surface area contributed by atoms with Gasteiger partial charge in [-0.1, -0.05) is 41.4 Å². The van der Waals surface area contributed by atoms with Crippen molar-refractivity contribution in [1.29, 1.82) is 0 Å². The summed E-state index contributed by atoms with van der Waals surface area (Å²) in [5, 5.41) is 1.11. The molecule has 2 aromatic carbocycles. The maximum Gasteiger partial charge on any atom is 0.126 e. The highest BCUT2D eigenvalue weighted by atomic mass is 35.5. The van der Waals surface area contributed by atoms with E-state index in [1.54, 1.807) is 36.4 Å². The van der Waals surface area contributed by atoms with E-state index in [2.05, 4.69) is 5.43 Å². The molecule has 19 heavy (non-hydrogen) atoms. The third-order valence-electron chi connectivity index (χ3n) is 2.92. The Bertz CT molecular complexity index is 575. The highest BCUT2D eigenvalue weighted by molar-refractivity contribution is 6.33. The fourth-order valence-corrected chi connectivity index (χ4v) is 2.35. The lowest BCUT2D eigenvalue weighted by Gasteiger charge is -2.18. The van der Waals surface area contributed by atoms with Gasteiger partial charge >= 0.3 is 0 Å². The number of hydrogen-bond donors (Lipinski definition) is 2. The summed E-state index contributed by atoms with van der Waals surface area (Å²) in [5.74, 6) is 5.28. The van der Waals surface area contributed by atoms with Crippen LogP contribution in [-0.4, -0.2) is 0 Å². The zero-order valence-corrected chi connectivity index (χ0v) is 11.5. The Labute approximate surface area is 121 Å². The first kappa shape index (κ1) is 14.3. The molecule has 0 saturated heterocycles. The van der Waals surface area contributed by atoms with E-state index in [-0.39, 0.29) is 11.9 Å². The third kappa shape index (κ3) is 3.45. The number of nitrogens with two attached hydrogens (primary N) is 1. The molecule has 0 fully saturated rings. The standard InChI is InChI=1S/C14H13Cl2FN2/c15-10-5-6-12(16)11(8-10)14(19-18)7-9-3-1-2-4-13(9)17/h1-6,8,14,19H,7,18H2. The van der Waals surface area contributed by atoms with Gasteiger partial charge in [0.05, 0.1) is 6.04 Å². The highest BCUT2D eigenvalue weighted by Crippen LogP contribution is 2.28. The van der Waals surface area contributed by atoms with Gasteiger partial charge in [-0.15, -0.1) is 0 Å². The summed E-state index contributed by atoms with van der Waals surface area (Å²) in [6, 6.07) is 11.4. The molecule has 1 atom stereocenters. The molecule has 0 radical (unpaired) electrons. The Hall–Kier alpha value is -1.13. The van der Waals surface area contributed by atoms with Crippen LogP contribution in [0.2, 0.25) is 10.0 Å². The molecule has 0 spiro atoms. The SMILES string of the molecule is NNC(Cc1ccccc1F)c1cc(Cl)ccc1Cl. The van der Waals surface area contributed by atoms with Crippen LogP contribution in [0.15, 0.2) is 42.5 Å². The van der Waals surface area contributed by atoms with E-state index in [0.717, 1.165) is 5.56 Å². The fourth-order valence-electron chi connectivity index (χ4n) is 1.92. The minimum atomic E-state index is -0.303. The number of benzene rings is 2. The summed E-state index contributed by atoms with van der Waals surface area (Å²) in [6.07, 6.45) is 0.392. The lowest BCUT2D eigenvalue weighted by molar-refractivity contribution is 0.529. The monoisotopic (exact) mass is 298 g/mol. The average Bonchev–Trinajstić information content (AvgIpc) is 2.41. The van der Waals surface area contributed by atoms with Crippen molar-refractivity contribution in [3.8, 4) is 0 Å². The largest absolute Gasteiger partial charge is 0.271 e. The van der Waals surface area contributed by atoms with Crippen LogP contribution in [-0.2, 0) is 6.42 Å². The molecule has 2 rings (SSSR count). The molecule has 0 heterocycles. The molecule has 5 heteroatoms. The Morgan fingerprint density at radius 1 is 1.16 bits per heavy atom. The molecule has 2 nitrogen and oxygen atoms in total. The van der Waals surface area contributed by atoms with E-state index in [1.807, 2.05) is 0 Å². The first-order chi connectivity index (χ1) is 9.11. The predicted molar refractivity (Wildman–Crippen MR) is 76.6 cm³/mol. The molecule has 0 bridgehead atoms. The van der Waals surface area contributed by atoms with Crippen LogP contribution in [0.4, 0.5) is 4.39 Å². The smallest absolute Gasteiger partial charge is 0.126 e. The van der Waals surface area contributed by atoms with Crippen LogP contribution >= 0.6 is 23.2 Å². The molecule has 0 aliphatic rings. The molecule has 0 aromatic heterocycles. The molecule has 1 unspecified atom stereocenters. The molecule has 100 valence electrons. The van der Waals surface area contributed by atoms with Crippen molar-refractivity contribution in [3.05, 3.63) is 69.5 Å². The van der Waals surface area contributed by atoms with E-state index in [9.17, 15) is 4.39 Å². The van der Waals surface area contributed by atoms with E-state index in [0.29, 0.717) is 22.0 Å². The third-order valence-corrected chi connectivity index (χ3v) is 3.50. The van der Waals surface area contributed by atoms with Gasteiger partial charge in [0.15, 0.2) is 0 Å². The summed E-state index contributed by atoms with van der Waals surface area (Å²) in [7, 11) is 0. The number of hydrazine groups is 1. The minimum absolute atomic E-state index is 0.263. The van der Waals surface area contributed by atoms with Gasteiger partial charge in [-0.2, -0.15) is 0 Å². The van der Waals surface area contributed by atoms with Gasteiger partial charge in [-0.05, 0) is 41.8 Å². The zero-order chi connectivity index (χ0) is 13.8. The number of nitrogens with one attached hydrogen (secondary N) is 1. The van der Waals surface area contributed by atoms with Crippen LogP contribution in [0.5, 0.6) is 0 Å². The topological polar surface area (TPSA) is 38.0 Å². The van der Waals surface area contributed by atoms with Crippen LogP contribution in [0, 0.1) is 5.82 Å². The van der Waals surface area contributed by atoms with Crippen molar-refractivity contribution in [2.24, 2.45) is 5.84 Å². The van der Waals surface area contributed by atoms with E-state index >= 15 is 0 Å². The number of halogens is 3. The molecule has 0 aliphatic carbocycles. The van der Waals surface area contributed by atoms with Gasteiger partial charge in [0.2, 0.25) is 0 Å². The summed E-state index contributed by atoms with van der Waals surface area (Å²) in [5.41, 5.74) is 3.97. The Balaban J connectivity index is 2.30. The van der Waals surface area contributed by atoms with Crippen LogP contribution < -0.4 is 11.3 Å². The lowest BCUT2D eigenvalue weighted by Crippen LogP contribution is -2.30. The average molecular weight is 299 g/mol. The molecular formula is C14H13Cl2FN2. The van der Waals surface area contributed by atoms with Crippen LogP contribution in [0.1, 0.15) is 17.2 Å². The summed E-state index contributed by atoms with van der Waals surface area (Å²) < 4.78 is 13.7. The second kappa shape index (κ2) is 6.35. The molecule has 2 aromatic rings. The van der Waals surface area contributed by atoms with Crippen molar-refractivity contribution in [2.75, 3.05) is 0 Å². The quantitative estimate of drug-likeness (QED) is 0.664. The van der Waals surface area contributed by atoms with Gasteiger partial charge in [-0.25, -0.2) is 4.39 Å². The second-order valence-corrected chi connectivity index (χ2v) is 5.02. The Kier molecular flexibility index (Phi) is 4.77. The van der Waals surface area contributed by atoms with Gasteiger partial charge in [0.1, 0.15) is 5.82 Å². The number of hydrogen-bond acceptors (Lipinski definition) is 2. The molecule has 0 amide bonds. The first-order valence-electron chi connectivity index (χ1n) is 5.76. The van der Waals surface area contributed by atoms with Crippen molar-refractivity contribution < 1.29 is 4.39 Å². The second-order valence-electron chi connectivity index (χ2n) is 4.18. The van der Waals surface area contributed by atoms with Gasteiger partial charge in [-0.3, -0.25) is 11.3 Å². The van der Waals surface area contributed by atoms with Crippen molar-refractivity contribution >= 4 is 23.2 Å². The minimum Gasteiger partial charge on any atom is -0.271 e. The van der Waals surface area contributed by atoms with E-state index < -0.39 is 0 Å². The van der Waals surface area contributed by atoms with Crippen LogP contribution in [0.3, 0.4) is 0 Å². The lowest BCUT2D eigenvalue weighted by atomic mass is 9.99. The normalized spacial score (nSPS) is 12.4. The maximum atomic E-state index is 13.7. The maximum absolute atomic E-state index is 13.7. The first-order valence-corrected chi connectivity index (χ1v) is 6.52. The summed E-state index contributed by atoms with van der Waals surface area (Å²) >= 11 is 12.1. The van der Waals surface area contributed by atoms with Crippen LogP contribution in [0.25, 0.3) is 0 Å². The van der Waals surface area contributed by atoms with Gasteiger partial charge < -0.3 is 0 Å². The molecular weight excluding hydrogens is 286 g/mol. The predicted octanol–water partition coefficient (Wildman–Crippen LogP) is 3.88. The van der Waals surface area contributed by atoms with E-state index in [1.165, 1.54) is 6.07 Å². The van der Waals surface area contributed by atoms with E-state index in [4.69, 9.17) is 29.0 Å². The summed E-state index contributed by atoms with van der Waals surface area (Å²) in [4.78, 5) is 0. The van der Waals surface area contributed by atoms with Crippen molar-refractivity contribution in [1.82, 2.24) is 5.43 Å². The molecule has 0 saturated carbocycles. The summed E-state index contributed by atoms with van der Waals surface area (Å²) in [6.45, 7) is 0.